The number of carbonyl (C=O) groups excluding carboxylic acids is 2. The average molecular weight is 299 g/mol. The monoisotopic (exact) mass is 299 g/mol. The van der Waals surface area contributed by atoms with Gasteiger partial charge in [-0.1, -0.05) is 12.6 Å². The first-order valence-electron chi connectivity index (χ1n) is 7.58. The summed E-state index contributed by atoms with van der Waals surface area (Å²) in [4.78, 5) is 28.3. The first-order chi connectivity index (χ1) is 10.6. The molecule has 0 aromatic heterocycles. The molecule has 2 fully saturated rings. The van der Waals surface area contributed by atoms with E-state index in [9.17, 15) is 9.59 Å². The molecule has 0 spiro atoms. The number of hydrogen-bond donors (Lipinski definition) is 1. The van der Waals surface area contributed by atoms with Crippen LogP contribution < -0.4 is 5.32 Å². The summed E-state index contributed by atoms with van der Waals surface area (Å²) in [7, 11) is 2.14. The lowest BCUT2D eigenvalue weighted by Crippen LogP contribution is -2.32. The molecule has 0 saturated carbocycles. The molecule has 0 unspecified atom stereocenters. The SMILES string of the molecule is C=CC(=O)Nc1cccc(C(=O)N2C[C@H]3CN(C)C[C@H]3C2)c1. The molecule has 0 bridgehead atoms. The predicted octanol–water partition coefficient (Wildman–Crippen LogP) is 1.44. The van der Waals surface area contributed by atoms with Gasteiger partial charge >= 0.3 is 0 Å². The highest BCUT2D eigenvalue weighted by Gasteiger charge is 2.40. The number of benzene rings is 1. The summed E-state index contributed by atoms with van der Waals surface area (Å²) in [5, 5.41) is 2.69. The standard InChI is InChI=1S/C17H21N3O2/c1-3-16(21)18-15-6-4-5-12(7-15)17(22)20-10-13-8-19(2)9-14(13)11-20/h3-7,13-14H,1,8-11H2,2H3,(H,18,21)/t13-,14+. The van der Waals surface area contributed by atoms with E-state index in [1.54, 1.807) is 24.3 Å². The molecule has 5 nitrogen and oxygen atoms in total. The molecular weight excluding hydrogens is 278 g/mol. The third-order valence-electron chi connectivity index (χ3n) is 4.52. The maximum atomic E-state index is 12.6. The van der Waals surface area contributed by atoms with E-state index in [1.165, 1.54) is 6.08 Å². The Bertz CT molecular complexity index is 600. The van der Waals surface area contributed by atoms with Crippen LogP contribution >= 0.6 is 0 Å². The van der Waals surface area contributed by atoms with Gasteiger partial charge in [-0.25, -0.2) is 0 Å². The van der Waals surface area contributed by atoms with Crippen molar-refractivity contribution in [3.05, 3.63) is 42.5 Å². The van der Waals surface area contributed by atoms with Gasteiger partial charge in [-0.15, -0.1) is 0 Å². The van der Waals surface area contributed by atoms with Gasteiger partial charge in [-0.2, -0.15) is 0 Å². The second kappa shape index (κ2) is 5.93. The van der Waals surface area contributed by atoms with E-state index in [0.717, 1.165) is 26.2 Å². The molecule has 0 radical (unpaired) electrons. The Labute approximate surface area is 130 Å². The Hall–Kier alpha value is -2.14. The molecule has 1 aromatic carbocycles. The molecule has 5 heteroatoms. The number of rotatable bonds is 3. The third kappa shape index (κ3) is 2.90. The van der Waals surface area contributed by atoms with Gasteiger partial charge in [0.05, 0.1) is 0 Å². The maximum absolute atomic E-state index is 12.6. The highest BCUT2D eigenvalue weighted by molar-refractivity contribution is 6.00. The molecule has 2 atom stereocenters. The topological polar surface area (TPSA) is 52.7 Å². The number of hydrogen-bond acceptors (Lipinski definition) is 3. The molecule has 1 aromatic rings. The van der Waals surface area contributed by atoms with Crippen molar-refractivity contribution in [1.29, 1.82) is 0 Å². The fourth-order valence-corrected chi connectivity index (χ4v) is 3.50. The fraction of sp³-hybridized carbons (Fsp3) is 0.412. The maximum Gasteiger partial charge on any atom is 0.253 e. The van der Waals surface area contributed by atoms with Crippen molar-refractivity contribution in [2.45, 2.75) is 0 Å². The van der Waals surface area contributed by atoms with E-state index in [-0.39, 0.29) is 11.8 Å². The molecule has 2 saturated heterocycles. The van der Waals surface area contributed by atoms with Crippen molar-refractivity contribution in [2.24, 2.45) is 11.8 Å². The largest absolute Gasteiger partial charge is 0.338 e. The quantitative estimate of drug-likeness (QED) is 0.859. The molecule has 2 amide bonds. The Balaban J connectivity index is 1.69. The number of carbonyl (C=O) groups is 2. The summed E-state index contributed by atoms with van der Waals surface area (Å²) in [5.41, 5.74) is 1.24. The van der Waals surface area contributed by atoms with Gasteiger partial charge in [-0.05, 0) is 43.2 Å². The molecule has 2 aliphatic rings. The van der Waals surface area contributed by atoms with Crippen molar-refractivity contribution < 1.29 is 9.59 Å². The molecule has 2 heterocycles. The number of nitrogens with zero attached hydrogens (tertiary/aromatic N) is 2. The molecule has 116 valence electrons. The smallest absolute Gasteiger partial charge is 0.253 e. The van der Waals surface area contributed by atoms with E-state index in [2.05, 4.69) is 23.8 Å². The first kappa shape index (κ1) is 14.8. The zero-order valence-electron chi connectivity index (χ0n) is 12.8. The zero-order valence-corrected chi connectivity index (χ0v) is 12.8. The molecule has 22 heavy (non-hydrogen) atoms. The second-order valence-corrected chi connectivity index (χ2v) is 6.23. The van der Waals surface area contributed by atoms with Gasteiger partial charge in [0.2, 0.25) is 5.91 Å². The predicted molar refractivity (Wildman–Crippen MR) is 85.6 cm³/mol. The van der Waals surface area contributed by atoms with Crippen molar-refractivity contribution in [3.63, 3.8) is 0 Å². The molecule has 2 aliphatic heterocycles. The summed E-state index contributed by atoms with van der Waals surface area (Å²) in [5.74, 6) is 0.963. The van der Waals surface area contributed by atoms with Gasteiger partial charge in [0, 0.05) is 37.4 Å². The Morgan fingerprint density at radius 3 is 2.55 bits per heavy atom. The van der Waals surface area contributed by atoms with E-state index in [1.807, 2.05) is 4.90 Å². The van der Waals surface area contributed by atoms with Gasteiger partial charge < -0.3 is 15.1 Å². The van der Waals surface area contributed by atoms with Gasteiger partial charge in [-0.3, -0.25) is 9.59 Å². The lowest BCUT2D eigenvalue weighted by molar-refractivity contribution is -0.111. The third-order valence-corrected chi connectivity index (χ3v) is 4.52. The van der Waals surface area contributed by atoms with E-state index in [0.29, 0.717) is 23.1 Å². The zero-order chi connectivity index (χ0) is 15.7. The molecular formula is C17H21N3O2. The van der Waals surface area contributed by atoms with Crippen molar-refractivity contribution in [1.82, 2.24) is 9.80 Å². The number of anilines is 1. The summed E-state index contributed by atoms with van der Waals surface area (Å²) in [6, 6.07) is 7.08. The van der Waals surface area contributed by atoms with Gasteiger partial charge in [0.15, 0.2) is 0 Å². The van der Waals surface area contributed by atoms with E-state index < -0.39 is 0 Å². The summed E-state index contributed by atoms with van der Waals surface area (Å²) in [6.07, 6.45) is 1.21. The van der Waals surface area contributed by atoms with Crippen LogP contribution in [0, 0.1) is 11.8 Å². The number of fused-ring (bicyclic) bond motifs is 1. The molecule has 3 rings (SSSR count). The lowest BCUT2D eigenvalue weighted by atomic mass is 10.0. The number of likely N-dealkylation sites (tertiary alicyclic amines) is 2. The molecule has 0 aliphatic carbocycles. The fourth-order valence-electron chi connectivity index (χ4n) is 3.50. The van der Waals surface area contributed by atoms with Crippen LogP contribution in [0.25, 0.3) is 0 Å². The van der Waals surface area contributed by atoms with Crippen molar-refractivity contribution in [2.75, 3.05) is 38.5 Å². The van der Waals surface area contributed by atoms with Crippen LogP contribution in [0.2, 0.25) is 0 Å². The Morgan fingerprint density at radius 1 is 1.23 bits per heavy atom. The van der Waals surface area contributed by atoms with Crippen molar-refractivity contribution >= 4 is 17.5 Å². The Kier molecular flexibility index (Phi) is 3.98. The molecule has 1 N–H and O–H groups in total. The highest BCUT2D eigenvalue weighted by Crippen LogP contribution is 2.31. The number of nitrogens with one attached hydrogen (secondary N) is 1. The van der Waals surface area contributed by atoms with Crippen LogP contribution in [0.1, 0.15) is 10.4 Å². The van der Waals surface area contributed by atoms with Crippen LogP contribution in [0.15, 0.2) is 36.9 Å². The van der Waals surface area contributed by atoms with Crippen LogP contribution in [0.4, 0.5) is 5.69 Å². The lowest BCUT2D eigenvalue weighted by Gasteiger charge is -2.19. The minimum Gasteiger partial charge on any atom is -0.338 e. The van der Waals surface area contributed by atoms with Crippen LogP contribution in [0.5, 0.6) is 0 Å². The number of amides is 2. The summed E-state index contributed by atoms with van der Waals surface area (Å²) >= 11 is 0. The second-order valence-electron chi connectivity index (χ2n) is 6.23. The van der Waals surface area contributed by atoms with Crippen LogP contribution in [0.3, 0.4) is 0 Å². The first-order valence-corrected chi connectivity index (χ1v) is 7.58. The highest BCUT2D eigenvalue weighted by atomic mass is 16.2. The summed E-state index contributed by atoms with van der Waals surface area (Å²) < 4.78 is 0. The summed E-state index contributed by atoms with van der Waals surface area (Å²) in [6.45, 7) is 7.23. The minimum atomic E-state index is -0.275. The van der Waals surface area contributed by atoms with E-state index in [4.69, 9.17) is 0 Å². The average Bonchev–Trinajstić information content (AvgIpc) is 3.03. The van der Waals surface area contributed by atoms with Gasteiger partial charge in [0.25, 0.3) is 5.91 Å². The van der Waals surface area contributed by atoms with Gasteiger partial charge in [0.1, 0.15) is 0 Å². The van der Waals surface area contributed by atoms with E-state index >= 15 is 0 Å². The normalized spacial score (nSPS) is 24.1. The minimum absolute atomic E-state index is 0.0479. The van der Waals surface area contributed by atoms with Crippen molar-refractivity contribution in [3.8, 4) is 0 Å². The van der Waals surface area contributed by atoms with Crippen LogP contribution in [-0.4, -0.2) is 54.8 Å². The van der Waals surface area contributed by atoms with Crippen LogP contribution in [-0.2, 0) is 4.79 Å². The Morgan fingerprint density at radius 2 is 1.91 bits per heavy atom.